The Kier molecular flexibility index (Phi) is 5.03. The molecule has 0 aliphatic rings. The van der Waals surface area contributed by atoms with E-state index in [4.69, 9.17) is 9.84 Å². The predicted octanol–water partition coefficient (Wildman–Crippen LogP) is 1.70. The van der Waals surface area contributed by atoms with Crippen LogP contribution >= 0.6 is 0 Å². The van der Waals surface area contributed by atoms with Gasteiger partial charge in [0, 0.05) is 19.4 Å². The average molecular weight is 144 g/mol. The maximum atomic E-state index is 8.51. The van der Waals surface area contributed by atoms with Crippen molar-refractivity contribution in [3.63, 3.8) is 0 Å². The van der Waals surface area contributed by atoms with Crippen LogP contribution in [0, 0.1) is 0 Å². The molecule has 1 atom stereocenters. The third kappa shape index (κ3) is 4.39. The monoisotopic (exact) mass is 144 g/mol. The minimum Gasteiger partial charge on any atom is -0.496 e. The van der Waals surface area contributed by atoms with Crippen LogP contribution in [0.15, 0.2) is 12.3 Å². The van der Waals surface area contributed by atoms with Crippen LogP contribution in [-0.4, -0.2) is 17.8 Å². The molecule has 1 N–H and O–H groups in total. The highest BCUT2D eigenvalue weighted by Crippen LogP contribution is 2.05. The van der Waals surface area contributed by atoms with Crippen LogP contribution in [0.5, 0.6) is 0 Å². The standard InChI is InChI=1S/C8H16O2/c1-4-7(2)10-8(3)5-6-9/h8-9H,2,4-6H2,1,3H3. The Morgan fingerprint density at radius 1 is 1.70 bits per heavy atom. The second-order valence-corrected chi connectivity index (χ2v) is 2.33. The molecule has 0 fully saturated rings. The first-order chi connectivity index (χ1) is 4.70. The zero-order valence-electron chi connectivity index (χ0n) is 6.76. The van der Waals surface area contributed by atoms with E-state index in [1.165, 1.54) is 0 Å². The quantitative estimate of drug-likeness (QED) is 0.595. The number of aliphatic hydroxyl groups is 1. The van der Waals surface area contributed by atoms with Crippen LogP contribution < -0.4 is 0 Å². The summed E-state index contributed by atoms with van der Waals surface area (Å²) >= 11 is 0. The Hall–Kier alpha value is -0.500. The van der Waals surface area contributed by atoms with Gasteiger partial charge in [0.05, 0.1) is 11.9 Å². The molecule has 2 heteroatoms. The second kappa shape index (κ2) is 5.30. The van der Waals surface area contributed by atoms with Crippen molar-refractivity contribution in [1.82, 2.24) is 0 Å². The first-order valence-electron chi connectivity index (χ1n) is 3.66. The highest BCUT2D eigenvalue weighted by atomic mass is 16.5. The zero-order chi connectivity index (χ0) is 7.98. The van der Waals surface area contributed by atoms with E-state index in [1.807, 2.05) is 13.8 Å². The van der Waals surface area contributed by atoms with Gasteiger partial charge in [-0.25, -0.2) is 0 Å². The minimum atomic E-state index is 0.0949. The summed E-state index contributed by atoms with van der Waals surface area (Å²) in [5.74, 6) is 0.793. The molecule has 0 saturated carbocycles. The molecule has 1 unspecified atom stereocenters. The highest BCUT2D eigenvalue weighted by molar-refractivity contribution is 4.80. The van der Waals surface area contributed by atoms with Gasteiger partial charge in [-0.1, -0.05) is 13.5 Å². The van der Waals surface area contributed by atoms with Gasteiger partial charge < -0.3 is 9.84 Å². The summed E-state index contributed by atoms with van der Waals surface area (Å²) < 4.78 is 5.29. The Morgan fingerprint density at radius 2 is 2.30 bits per heavy atom. The lowest BCUT2D eigenvalue weighted by molar-refractivity contribution is 0.0995. The summed E-state index contributed by atoms with van der Waals surface area (Å²) in [7, 11) is 0. The lowest BCUT2D eigenvalue weighted by Crippen LogP contribution is -2.08. The van der Waals surface area contributed by atoms with Gasteiger partial charge in [0.25, 0.3) is 0 Å². The molecule has 0 aromatic carbocycles. The molecule has 0 aliphatic heterocycles. The fourth-order valence-corrected chi connectivity index (χ4v) is 0.609. The SMILES string of the molecule is C=C(CC)OC(C)CCO. The van der Waals surface area contributed by atoms with Gasteiger partial charge in [-0.15, -0.1) is 0 Å². The normalized spacial score (nSPS) is 12.7. The maximum absolute atomic E-state index is 8.51. The van der Waals surface area contributed by atoms with Crippen LogP contribution in [0.1, 0.15) is 26.7 Å². The van der Waals surface area contributed by atoms with E-state index in [-0.39, 0.29) is 12.7 Å². The third-order valence-electron chi connectivity index (χ3n) is 1.30. The van der Waals surface area contributed by atoms with E-state index in [0.29, 0.717) is 6.42 Å². The Bertz CT molecular complexity index is 99.4. The van der Waals surface area contributed by atoms with Crippen molar-refractivity contribution >= 4 is 0 Å². The summed E-state index contributed by atoms with van der Waals surface area (Å²) in [5.41, 5.74) is 0. The predicted molar refractivity (Wildman–Crippen MR) is 41.7 cm³/mol. The minimum absolute atomic E-state index is 0.0949. The highest BCUT2D eigenvalue weighted by Gasteiger charge is 2.01. The Labute approximate surface area is 62.5 Å². The summed E-state index contributed by atoms with van der Waals surface area (Å²) in [4.78, 5) is 0. The zero-order valence-corrected chi connectivity index (χ0v) is 6.76. The molecular weight excluding hydrogens is 128 g/mol. The fraction of sp³-hybridized carbons (Fsp3) is 0.750. The van der Waals surface area contributed by atoms with Crippen LogP contribution in [0.3, 0.4) is 0 Å². The van der Waals surface area contributed by atoms with Gasteiger partial charge in [0.15, 0.2) is 0 Å². The first-order valence-corrected chi connectivity index (χ1v) is 3.66. The van der Waals surface area contributed by atoms with E-state index < -0.39 is 0 Å². The molecule has 0 aromatic rings. The van der Waals surface area contributed by atoms with Crippen molar-refractivity contribution in [2.75, 3.05) is 6.61 Å². The molecule has 0 heterocycles. The van der Waals surface area contributed by atoms with Gasteiger partial charge in [-0.05, 0) is 6.92 Å². The van der Waals surface area contributed by atoms with Gasteiger partial charge in [0.2, 0.25) is 0 Å². The topological polar surface area (TPSA) is 29.5 Å². The van der Waals surface area contributed by atoms with E-state index in [0.717, 1.165) is 12.2 Å². The number of ether oxygens (including phenoxy) is 1. The lowest BCUT2D eigenvalue weighted by atomic mass is 10.3. The van der Waals surface area contributed by atoms with Crippen LogP contribution in [-0.2, 0) is 4.74 Å². The number of hydrogen-bond donors (Lipinski definition) is 1. The summed E-state index contributed by atoms with van der Waals surface area (Å²) in [6.45, 7) is 7.79. The molecule has 0 rings (SSSR count). The van der Waals surface area contributed by atoms with Gasteiger partial charge in [0.1, 0.15) is 0 Å². The van der Waals surface area contributed by atoms with E-state index in [1.54, 1.807) is 0 Å². The average Bonchev–Trinajstić information content (AvgIpc) is 1.88. The summed E-state index contributed by atoms with van der Waals surface area (Å²) in [6.07, 6.45) is 1.62. The smallest absolute Gasteiger partial charge is 0.0976 e. The third-order valence-corrected chi connectivity index (χ3v) is 1.30. The summed E-state index contributed by atoms with van der Waals surface area (Å²) in [6, 6.07) is 0. The lowest BCUT2D eigenvalue weighted by Gasteiger charge is -2.13. The van der Waals surface area contributed by atoms with Crippen molar-refractivity contribution in [2.45, 2.75) is 32.8 Å². The molecule has 0 aliphatic carbocycles. The molecule has 0 bridgehead atoms. The molecule has 0 spiro atoms. The molecule has 0 aromatic heterocycles. The van der Waals surface area contributed by atoms with Gasteiger partial charge in [-0.3, -0.25) is 0 Å². The number of aliphatic hydroxyl groups excluding tert-OH is 1. The van der Waals surface area contributed by atoms with Gasteiger partial charge >= 0.3 is 0 Å². The molecular formula is C8H16O2. The first kappa shape index (κ1) is 9.50. The number of rotatable bonds is 5. The van der Waals surface area contributed by atoms with Crippen molar-refractivity contribution in [2.24, 2.45) is 0 Å². The van der Waals surface area contributed by atoms with E-state index in [2.05, 4.69) is 6.58 Å². The molecule has 0 saturated heterocycles. The second-order valence-electron chi connectivity index (χ2n) is 2.33. The molecule has 0 amide bonds. The Morgan fingerprint density at radius 3 is 2.70 bits per heavy atom. The Balaban J connectivity index is 3.37. The largest absolute Gasteiger partial charge is 0.496 e. The molecule has 10 heavy (non-hydrogen) atoms. The number of allylic oxidation sites excluding steroid dienone is 1. The van der Waals surface area contributed by atoms with Crippen molar-refractivity contribution in [3.05, 3.63) is 12.3 Å². The maximum Gasteiger partial charge on any atom is 0.0976 e. The van der Waals surface area contributed by atoms with Crippen molar-refractivity contribution in [1.29, 1.82) is 0 Å². The van der Waals surface area contributed by atoms with E-state index >= 15 is 0 Å². The fourth-order valence-electron chi connectivity index (χ4n) is 0.609. The van der Waals surface area contributed by atoms with Crippen LogP contribution in [0.4, 0.5) is 0 Å². The molecule has 2 nitrogen and oxygen atoms in total. The van der Waals surface area contributed by atoms with Crippen LogP contribution in [0.2, 0.25) is 0 Å². The summed E-state index contributed by atoms with van der Waals surface area (Å²) in [5, 5.41) is 8.51. The van der Waals surface area contributed by atoms with Gasteiger partial charge in [-0.2, -0.15) is 0 Å². The molecule has 0 radical (unpaired) electrons. The van der Waals surface area contributed by atoms with E-state index in [9.17, 15) is 0 Å². The van der Waals surface area contributed by atoms with Crippen molar-refractivity contribution < 1.29 is 9.84 Å². The van der Waals surface area contributed by atoms with Crippen LogP contribution in [0.25, 0.3) is 0 Å². The molecule has 60 valence electrons. The number of hydrogen-bond acceptors (Lipinski definition) is 2. The van der Waals surface area contributed by atoms with Crippen molar-refractivity contribution in [3.8, 4) is 0 Å².